The third-order valence-electron chi connectivity index (χ3n) is 3.18. The maximum atomic E-state index is 12.0. The number of hydrogen-bond donors (Lipinski definition) is 2. The first-order valence-corrected chi connectivity index (χ1v) is 7.12. The molecule has 114 valence electrons. The molecule has 0 spiro atoms. The summed E-state index contributed by atoms with van der Waals surface area (Å²) in [7, 11) is 0. The number of rotatable bonds is 4. The molecular weight excluding hydrogens is 290 g/mol. The second-order valence-electron chi connectivity index (χ2n) is 4.75. The summed E-state index contributed by atoms with van der Waals surface area (Å²) in [5.74, 6) is 0.615. The van der Waals surface area contributed by atoms with Gasteiger partial charge in [0.25, 0.3) is 5.91 Å². The molecule has 1 saturated heterocycles. The molecule has 1 aliphatic heterocycles. The lowest BCUT2D eigenvalue weighted by molar-refractivity contribution is -0.137. The van der Waals surface area contributed by atoms with Crippen LogP contribution >= 0.6 is 12.2 Å². The lowest BCUT2D eigenvalue weighted by Crippen LogP contribution is -2.42. The first-order valence-electron chi connectivity index (χ1n) is 6.71. The van der Waals surface area contributed by atoms with Gasteiger partial charge in [-0.2, -0.15) is 0 Å². The van der Waals surface area contributed by atoms with Crippen LogP contribution in [-0.2, 0) is 9.53 Å². The topological polar surface area (TPSA) is 76.8 Å². The molecule has 21 heavy (non-hydrogen) atoms. The fourth-order valence-corrected chi connectivity index (χ4v) is 2.16. The summed E-state index contributed by atoms with van der Waals surface area (Å²) in [6, 6.07) is 5.44. The van der Waals surface area contributed by atoms with Crippen LogP contribution in [-0.4, -0.2) is 48.8 Å². The molecule has 1 aromatic carbocycles. The van der Waals surface area contributed by atoms with Crippen LogP contribution in [0.5, 0.6) is 5.75 Å². The van der Waals surface area contributed by atoms with Crippen molar-refractivity contribution in [2.45, 2.75) is 6.92 Å². The highest BCUT2D eigenvalue weighted by Crippen LogP contribution is 2.21. The number of nitrogens with one attached hydrogen (secondary N) is 1. The van der Waals surface area contributed by atoms with E-state index in [1.165, 1.54) is 0 Å². The van der Waals surface area contributed by atoms with E-state index in [0.29, 0.717) is 32.1 Å². The minimum atomic E-state index is -0.0266. The molecule has 0 bridgehead atoms. The Morgan fingerprint density at radius 2 is 2.19 bits per heavy atom. The van der Waals surface area contributed by atoms with E-state index in [4.69, 9.17) is 27.4 Å². The summed E-state index contributed by atoms with van der Waals surface area (Å²) >= 11 is 4.80. The van der Waals surface area contributed by atoms with Gasteiger partial charge in [-0.3, -0.25) is 4.79 Å². The van der Waals surface area contributed by atoms with Gasteiger partial charge in [-0.25, -0.2) is 0 Å². The molecule has 1 heterocycles. The fraction of sp³-hybridized carbons (Fsp3) is 0.429. The number of nitrogens with two attached hydrogens (primary N) is 1. The van der Waals surface area contributed by atoms with Gasteiger partial charge in [0.05, 0.1) is 13.2 Å². The number of morpholine rings is 1. The number of anilines is 1. The molecule has 6 nitrogen and oxygen atoms in total. The third kappa shape index (κ3) is 4.57. The summed E-state index contributed by atoms with van der Waals surface area (Å²) in [6.45, 7) is 4.36. The Morgan fingerprint density at radius 3 is 2.81 bits per heavy atom. The average Bonchev–Trinajstić information content (AvgIpc) is 2.48. The molecule has 0 unspecified atom stereocenters. The maximum absolute atomic E-state index is 12.0. The summed E-state index contributed by atoms with van der Waals surface area (Å²) in [5.41, 5.74) is 7.21. The summed E-state index contributed by atoms with van der Waals surface area (Å²) in [5, 5.41) is 3.10. The second-order valence-corrected chi connectivity index (χ2v) is 5.19. The minimum absolute atomic E-state index is 0.0266. The number of carbonyl (C=O) groups excluding carboxylic acids is 1. The van der Waals surface area contributed by atoms with Crippen LogP contribution in [0.2, 0.25) is 0 Å². The number of hydrogen-bond acceptors (Lipinski definition) is 4. The Hall–Kier alpha value is -1.86. The van der Waals surface area contributed by atoms with Crippen molar-refractivity contribution < 1.29 is 14.3 Å². The van der Waals surface area contributed by atoms with Crippen LogP contribution in [0.15, 0.2) is 18.2 Å². The van der Waals surface area contributed by atoms with E-state index in [0.717, 1.165) is 11.3 Å². The Balaban J connectivity index is 1.89. The van der Waals surface area contributed by atoms with Crippen molar-refractivity contribution in [2.24, 2.45) is 5.73 Å². The maximum Gasteiger partial charge on any atom is 0.260 e. The van der Waals surface area contributed by atoms with E-state index in [1.807, 2.05) is 19.1 Å². The number of carbonyl (C=O) groups is 1. The quantitative estimate of drug-likeness (QED) is 0.804. The molecule has 3 N–H and O–H groups in total. The predicted molar refractivity (Wildman–Crippen MR) is 84.5 cm³/mol. The third-order valence-corrected chi connectivity index (χ3v) is 3.28. The smallest absolute Gasteiger partial charge is 0.260 e. The Morgan fingerprint density at radius 1 is 1.48 bits per heavy atom. The van der Waals surface area contributed by atoms with Gasteiger partial charge >= 0.3 is 0 Å². The molecule has 0 aromatic heterocycles. The van der Waals surface area contributed by atoms with E-state index in [-0.39, 0.29) is 17.6 Å². The highest BCUT2D eigenvalue weighted by Gasteiger charge is 2.17. The molecule has 0 radical (unpaired) electrons. The Kier molecular flexibility index (Phi) is 5.35. The number of amides is 1. The van der Waals surface area contributed by atoms with Crippen molar-refractivity contribution in [3.8, 4) is 5.75 Å². The van der Waals surface area contributed by atoms with Crippen molar-refractivity contribution in [3.63, 3.8) is 0 Å². The minimum Gasteiger partial charge on any atom is -0.484 e. The molecule has 0 aliphatic carbocycles. The van der Waals surface area contributed by atoms with Crippen LogP contribution < -0.4 is 15.8 Å². The van der Waals surface area contributed by atoms with Gasteiger partial charge in [-0.1, -0.05) is 0 Å². The Labute approximate surface area is 129 Å². The normalized spacial score (nSPS) is 14.6. The number of thiocarbonyl (C=S) groups is 1. The van der Waals surface area contributed by atoms with E-state index in [1.54, 1.807) is 11.0 Å². The zero-order chi connectivity index (χ0) is 15.2. The zero-order valence-corrected chi connectivity index (χ0v) is 12.7. The van der Waals surface area contributed by atoms with E-state index in [2.05, 4.69) is 5.32 Å². The van der Waals surface area contributed by atoms with Gasteiger partial charge in [-0.15, -0.1) is 0 Å². The van der Waals surface area contributed by atoms with Crippen LogP contribution in [0.25, 0.3) is 0 Å². The lowest BCUT2D eigenvalue weighted by atomic mass is 10.2. The molecular formula is C14H19N3O3S. The fourth-order valence-electron chi connectivity index (χ4n) is 2.05. The average molecular weight is 309 g/mol. The summed E-state index contributed by atoms with van der Waals surface area (Å²) in [4.78, 5) is 13.7. The number of nitrogens with zero attached hydrogens (tertiary/aromatic N) is 1. The molecule has 1 aliphatic rings. The van der Waals surface area contributed by atoms with Crippen molar-refractivity contribution in [1.29, 1.82) is 0 Å². The number of ether oxygens (including phenoxy) is 2. The molecule has 0 atom stereocenters. The van der Waals surface area contributed by atoms with Gasteiger partial charge < -0.3 is 25.4 Å². The summed E-state index contributed by atoms with van der Waals surface area (Å²) in [6.07, 6.45) is 0. The standard InChI is InChI=1S/C14H19N3O3S/c1-10-8-11(2-3-12(10)16-14(15)21)20-9-13(18)17-4-6-19-7-5-17/h2-3,8H,4-7,9H2,1H3,(H3,15,16,21). The number of aryl methyl sites for hydroxylation is 1. The number of benzene rings is 1. The van der Waals surface area contributed by atoms with Gasteiger partial charge in [0, 0.05) is 18.8 Å². The van der Waals surface area contributed by atoms with Crippen LogP contribution in [0, 0.1) is 6.92 Å². The van der Waals surface area contributed by atoms with Crippen molar-refractivity contribution in [2.75, 3.05) is 38.2 Å². The molecule has 0 saturated carbocycles. The summed E-state index contributed by atoms with van der Waals surface area (Å²) < 4.78 is 10.7. The van der Waals surface area contributed by atoms with Crippen LogP contribution in [0.3, 0.4) is 0 Å². The van der Waals surface area contributed by atoms with Crippen LogP contribution in [0.4, 0.5) is 5.69 Å². The van der Waals surface area contributed by atoms with Crippen molar-refractivity contribution >= 4 is 28.9 Å². The van der Waals surface area contributed by atoms with Crippen molar-refractivity contribution in [1.82, 2.24) is 4.90 Å². The van der Waals surface area contributed by atoms with Gasteiger partial charge in [0.2, 0.25) is 0 Å². The van der Waals surface area contributed by atoms with Gasteiger partial charge in [-0.05, 0) is 42.9 Å². The first kappa shape index (κ1) is 15.5. The largest absolute Gasteiger partial charge is 0.484 e. The molecule has 1 aromatic rings. The van der Waals surface area contributed by atoms with E-state index >= 15 is 0 Å². The van der Waals surface area contributed by atoms with E-state index < -0.39 is 0 Å². The van der Waals surface area contributed by atoms with Gasteiger partial charge in [0.1, 0.15) is 5.75 Å². The second kappa shape index (κ2) is 7.24. The van der Waals surface area contributed by atoms with E-state index in [9.17, 15) is 4.79 Å². The highest BCUT2D eigenvalue weighted by molar-refractivity contribution is 7.80. The van der Waals surface area contributed by atoms with Crippen molar-refractivity contribution in [3.05, 3.63) is 23.8 Å². The first-order chi connectivity index (χ1) is 10.1. The Bertz CT molecular complexity index is 530. The molecule has 1 fully saturated rings. The molecule has 2 rings (SSSR count). The highest BCUT2D eigenvalue weighted by atomic mass is 32.1. The molecule has 1 amide bonds. The van der Waals surface area contributed by atoms with Crippen LogP contribution in [0.1, 0.15) is 5.56 Å². The monoisotopic (exact) mass is 309 g/mol. The lowest BCUT2D eigenvalue weighted by Gasteiger charge is -2.26. The zero-order valence-electron chi connectivity index (χ0n) is 11.9. The molecule has 7 heteroatoms. The predicted octanol–water partition coefficient (Wildman–Crippen LogP) is 0.888. The van der Waals surface area contributed by atoms with Gasteiger partial charge in [0.15, 0.2) is 11.7 Å². The SMILES string of the molecule is Cc1cc(OCC(=O)N2CCOCC2)ccc1NC(N)=S.